The summed E-state index contributed by atoms with van der Waals surface area (Å²) in [6, 6.07) is 13.5. The average Bonchev–Trinajstić information content (AvgIpc) is 3.32. The number of hydrogen-bond acceptors (Lipinski definition) is 4. The van der Waals surface area contributed by atoms with Crippen LogP contribution in [-0.4, -0.2) is 30.6 Å². The predicted molar refractivity (Wildman–Crippen MR) is 98.4 cm³/mol. The minimum absolute atomic E-state index is 0.208. The zero-order valence-electron chi connectivity index (χ0n) is 14.0. The third-order valence-electron chi connectivity index (χ3n) is 4.00. The second-order valence-electron chi connectivity index (χ2n) is 5.85. The van der Waals surface area contributed by atoms with Crippen LogP contribution in [0.15, 0.2) is 67.4 Å². The van der Waals surface area contributed by atoms with Crippen molar-refractivity contribution in [3.8, 4) is 22.6 Å². The van der Waals surface area contributed by atoms with Crippen molar-refractivity contribution in [3.05, 3.63) is 72.9 Å². The van der Waals surface area contributed by atoms with Crippen LogP contribution >= 0.6 is 0 Å². The number of rotatable bonds is 4. The second-order valence-corrected chi connectivity index (χ2v) is 5.85. The van der Waals surface area contributed by atoms with Gasteiger partial charge in [-0.1, -0.05) is 30.3 Å². The Hall–Kier alpha value is -3.74. The molecule has 0 radical (unpaired) electrons. The summed E-state index contributed by atoms with van der Waals surface area (Å²) >= 11 is 0. The Kier molecular flexibility index (Phi) is 4.03. The number of nitrogens with one attached hydrogen (secondary N) is 2. The smallest absolute Gasteiger partial charge is 0.257 e. The molecule has 128 valence electrons. The summed E-state index contributed by atoms with van der Waals surface area (Å²) < 4.78 is 1.79. The van der Waals surface area contributed by atoms with E-state index in [0.29, 0.717) is 17.1 Å². The van der Waals surface area contributed by atoms with Crippen molar-refractivity contribution in [2.24, 2.45) is 7.05 Å². The van der Waals surface area contributed by atoms with E-state index in [0.717, 1.165) is 16.8 Å². The third kappa shape index (κ3) is 3.10. The largest absolute Gasteiger partial charge is 0.360 e. The Morgan fingerprint density at radius 1 is 1.12 bits per heavy atom. The van der Waals surface area contributed by atoms with E-state index in [4.69, 9.17) is 0 Å². The molecule has 0 saturated heterocycles. The van der Waals surface area contributed by atoms with E-state index in [1.54, 1.807) is 29.5 Å². The normalized spacial score (nSPS) is 10.7. The number of H-pyrrole nitrogens is 1. The lowest BCUT2D eigenvalue weighted by Gasteiger charge is -2.05. The Morgan fingerprint density at radius 3 is 2.73 bits per heavy atom. The van der Waals surface area contributed by atoms with Crippen LogP contribution in [0.3, 0.4) is 0 Å². The van der Waals surface area contributed by atoms with Gasteiger partial charge in [0.25, 0.3) is 5.91 Å². The first kappa shape index (κ1) is 15.8. The zero-order valence-corrected chi connectivity index (χ0v) is 14.0. The van der Waals surface area contributed by atoms with Gasteiger partial charge in [-0.05, 0) is 17.7 Å². The van der Waals surface area contributed by atoms with Crippen molar-refractivity contribution in [1.82, 2.24) is 24.7 Å². The Morgan fingerprint density at radius 2 is 1.96 bits per heavy atom. The fourth-order valence-electron chi connectivity index (χ4n) is 2.69. The van der Waals surface area contributed by atoms with E-state index in [2.05, 4.69) is 25.5 Å². The van der Waals surface area contributed by atoms with Crippen LogP contribution in [0.1, 0.15) is 10.4 Å². The SMILES string of the molecule is Cn1cnnc1-c1cncc(NC(=O)c2c[nH]c(-c3ccccc3)c2)c1. The molecule has 0 unspecified atom stereocenters. The minimum Gasteiger partial charge on any atom is -0.360 e. The summed E-state index contributed by atoms with van der Waals surface area (Å²) in [5.74, 6) is 0.474. The number of benzene rings is 1. The molecular formula is C19H16N6O. The molecule has 3 heterocycles. The highest BCUT2D eigenvalue weighted by atomic mass is 16.1. The van der Waals surface area contributed by atoms with Crippen LogP contribution in [0.5, 0.6) is 0 Å². The van der Waals surface area contributed by atoms with Gasteiger partial charge in [0.15, 0.2) is 5.82 Å². The molecule has 26 heavy (non-hydrogen) atoms. The van der Waals surface area contributed by atoms with Gasteiger partial charge in [0.05, 0.1) is 17.4 Å². The summed E-state index contributed by atoms with van der Waals surface area (Å²) in [7, 11) is 1.85. The summed E-state index contributed by atoms with van der Waals surface area (Å²) in [5.41, 5.74) is 3.84. The highest BCUT2D eigenvalue weighted by Gasteiger charge is 2.11. The van der Waals surface area contributed by atoms with Gasteiger partial charge in [0.2, 0.25) is 0 Å². The number of pyridine rings is 1. The molecule has 3 aromatic heterocycles. The molecule has 0 aliphatic rings. The third-order valence-corrected chi connectivity index (χ3v) is 4.00. The molecule has 4 rings (SSSR count). The standard InChI is InChI=1S/C19H16N6O/c1-25-12-22-24-18(25)14-7-16(11-20-9-14)23-19(26)15-8-17(21-10-15)13-5-3-2-4-6-13/h2-12,21H,1H3,(H,23,26). The Bertz CT molecular complexity index is 1050. The van der Waals surface area contributed by atoms with Crippen LogP contribution in [0.25, 0.3) is 22.6 Å². The van der Waals surface area contributed by atoms with Crippen LogP contribution in [0.4, 0.5) is 5.69 Å². The van der Waals surface area contributed by atoms with Gasteiger partial charge in [0.1, 0.15) is 6.33 Å². The van der Waals surface area contributed by atoms with Crippen LogP contribution in [-0.2, 0) is 7.05 Å². The number of carbonyl (C=O) groups excluding carboxylic acids is 1. The number of nitrogens with zero attached hydrogens (tertiary/aromatic N) is 4. The molecule has 0 saturated carbocycles. The first-order valence-corrected chi connectivity index (χ1v) is 8.05. The van der Waals surface area contributed by atoms with E-state index >= 15 is 0 Å². The van der Waals surface area contributed by atoms with Crippen molar-refractivity contribution in [2.75, 3.05) is 5.32 Å². The lowest BCUT2D eigenvalue weighted by atomic mass is 10.1. The summed E-state index contributed by atoms with van der Waals surface area (Å²) in [6.45, 7) is 0. The van der Waals surface area contributed by atoms with Gasteiger partial charge in [-0.3, -0.25) is 9.78 Å². The molecule has 0 aliphatic carbocycles. The number of hydrogen-bond donors (Lipinski definition) is 2. The van der Waals surface area contributed by atoms with E-state index < -0.39 is 0 Å². The van der Waals surface area contributed by atoms with Gasteiger partial charge in [-0.15, -0.1) is 10.2 Å². The lowest BCUT2D eigenvalue weighted by Crippen LogP contribution is -2.11. The Labute approximate surface area is 149 Å². The van der Waals surface area contributed by atoms with Crippen molar-refractivity contribution in [3.63, 3.8) is 0 Å². The predicted octanol–water partition coefficient (Wildman–Crippen LogP) is 3.12. The maximum Gasteiger partial charge on any atom is 0.257 e. The fourth-order valence-corrected chi connectivity index (χ4v) is 2.69. The maximum atomic E-state index is 12.5. The quantitative estimate of drug-likeness (QED) is 0.595. The lowest BCUT2D eigenvalue weighted by molar-refractivity contribution is 0.102. The first-order valence-electron chi connectivity index (χ1n) is 8.05. The summed E-state index contributed by atoms with van der Waals surface area (Å²) in [5, 5.41) is 10.8. The number of aryl methyl sites for hydroxylation is 1. The molecule has 0 fully saturated rings. The molecule has 0 spiro atoms. The van der Waals surface area contributed by atoms with Crippen LogP contribution < -0.4 is 5.32 Å². The molecule has 4 aromatic rings. The molecule has 0 bridgehead atoms. The van der Waals surface area contributed by atoms with Gasteiger partial charge in [-0.25, -0.2) is 0 Å². The van der Waals surface area contributed by atoms with E-state index in [9.17, 15) is 4.79 Å². The summed E-state index contributed by atoms with van der Waals surface area (Å²) in [4.78, 5) is 19.8. The minimum atomic E-state index is -0.208. The highest BCUT2D eigenvalue weighted by molar-refractivity contribution is 6.05. The number of aromatic amines is 1. The van der Waals surface area contributed by atoms with Crippen molar-refractivity contribution >= 4 is 11.6 Å². The average molecular weight is 344 g/mol. The monoisotopic (exact) mass is 344 g/mol. The first-order chi connectivity index (χ1) is 12.7. The molecule has 1 aromatic carbocycles. The number of anilines is 1. The number of amides is 1. The molecule has 0 atom stereocenters. The zero-order chi connectivity index (χ0) is 17.9. The van der Waals surface area contributed by atoms with Crippen LogP contribution in [0.2, 0.25) is 0 Å². The molecule has 1 amide bonds. The maximum absolute atomic E-state index is 12.5. The molecule has 7 heteroatoms. The van der Waals surface area contributed by atoms with Crippen LogP contribution in [0, 0.1) is 0 Å². The molecule has 7 nitrogen and oxygen atoms in total. The summed E-state index contributed by atoms with van der Waals surface area (Å²) in [6.07, 6.45) is 6.59. The number of carbonyl (C=O) groups is 1. The van der Waals surface area contributed by atoms with Crippen molar-refractivity contribution < 1.29 is 4.79 Å². The molecule has 0 aliphatic heterocycles. The topological polar surface area (TPSA) is 88.5 Å². The number of aromatic nitrogens is 5. The second kappa shape index (κ2) is 6.64. The van der Waals surface area contributed by atoms with E-state index in [1.165, 1.54) is 0 Å². The van der Waals surface area contributed by atoms with Crippen molar-refractivity contribution in [2.45, 2.75) is 0 Å². The van der Waals surface area contributed by atoms with E-state index in [1.807, 2.05) is 49.5 Å². The Balaban J connectivity index is 1.54. The van der Waals surface area contributed by atoms with Gasteiger partial charge in [0, 0.05) is 30.7 Å². The van der Waals surface area contributed by atoms with Gasteiger partial charge < -0.3 is 14.9 Å². The van der Waals surface area contributed by atoms with Gasteiger partial charge >= 0.3 is 0 Å². The highest BCUT2D eigenvalue weighted by Crippen LogP contribution is 2.21. The molecular weight excluding hydrogens is 328 g/mol. The van der Waals surface area contributed by atoms with E-state index in [-0.39, 0.29) is 5.91 Å². The van der Waals surface area contributed by atoms with Gasteiger partial charge in [-0.2, -0.15) is 0 Å². The van der Waals surface area contributed by atoms with Crippen molar-refractivity contribution in [1.29, 1.82) is 0 Å². The fraction of sp³-hybridized carbons (Fsp3) is 0.0526. The molecule has 2 N–H and O–H groups in total.